The number of carbonyl (C=O) groups is 3. The summed E-state index contributed by atoms with van der Waals surface area (Å²) in [5.74, 6) is -3.59. The highest BCUT2D eigenvalue weighted by Crippen LogP contribution is 2.39. The van der Waals surface area contributed by atoms with E-state index >= 15 is 0 Å². The summed E-state index contributed by atoms with van der Waals surface area (Å²) < 4.78 is 15.1. The second-order valence-corrected chi connectivity index (χ2v) is 5.23. The van der Waals surface area contributed by atoms with Gasteiger partial charge < -0.3 is 19.3 Å². The molecule has 1 unspecified atom stereocenters. The van der Waals surface area contributed by atoms with Crippen molar-refractivity contribution in [1.82, 2.24) is 4.90 Å². The third kappa shape index (κ3) is 3.15. The number of rotatable bonds is 5. The lowest BCUT2D eigenvalue weighted by atomic mass is 9.91. The highest BCUT2D eigenvalue weighted by Gasteiger charge is 2.46. The minimum absolute atomic E-state index is 0.0230. The predicted octanol–water partition coefficient (Wildman–Crippen LogP) is 1.16. The topological polar surface area (TPSA) is 102 Å². The van der Waals surface area contributed by atoms with Gasteiger partial charge in [0.05, 0.1) is 32.3 Å². The highest BCUT2D eigenvalue weighted by molar-refractivity contribution is 6.19. The van der Waals surface area contributed by atoms with E-state index < -0.39 is 29.5 Å². The highest BCUT2D eigenvalue weighted by atomic mass is 16.5. The lowest BCUT2D eigenvalue weighted by Crippen LogP contribution is -2.25. The van der Waals surface area contributed by atoms with Crippen LogP contribution in [-0.2, 0) is 19.1 Å². The SMILES string of the molecule is CCOC(=O)/C(O)=C1\C(=O)N(C)C(=O)C1c1ccc(OC)c(OC)c1. The fourth-order valence-corrected chi connectivity index (χ4v) is 2.61. The Kier molecular flexibility index (Phi) is 5.31. The van der Waals surface area contributed by atoms with Crippen LogP contribution in [0, 0.1) is 0 Å². The summed E-state index contributed by atoms with van der Waals surface area (Å²) in [4.78, 5) is 37.5. The molecule has 2 amide bonds. The van der Waals surface area contributed by atoms with Crippen molar-refractivity contribution in [1.29, 1.82) is 0 Å². The van der Waals surface area contributed by atoms with Gasteiger partial charge in [0.1, 0.15) is 0 Å². The predicted molar refractivity (Wildman–Crippen MR) is 86.4 cm³/mol. The van der Waals surface area contributed by atoms with Crippen molar-refractivity contribution in [2.45, 2.75) is 12.8 Å². The van der Waals surface area contributed by atoms with Crippen LogP contribution in [0.25, 0.3) is 0 Å². The number of nitrogens with zero attached hydrogens (tertiary/aromatic N) is 1. The molecular weight excluding hydrogens is 330 g/mol. The summed E-state index contributed by atoms with van der Waals surface area (Å²) in [5, 5.41) is 10.2. The molecule has 1 aromatic rings. The van der Waals surface area contributed by atoms with E-state index in [4.69, 9.17) is 14.2 Å². The fraction of sp³-hybridized carbons (Fsp3) is 0.353. The molecular formula is C17H19NO7. The molecule has 1 aliphatic heterocycles. The smallest absolute Gasteiger partial charge is 0.373 e. The maximum atomic E-state index is 12.5. The number of carbonyl (C=O) groups excluding carboxylic acids is 3. The summed E-state index contributed by atoms with van der Waals surface area (Å²) in [6, 6.07) is 4.66. The molecule has 8 nitrogen and oxygen atoms in total. The van der Waals surface area contributed by atoms with Crippen LogP contribution in [0.15, 0.2) is 29.5 Å². The number of hydrogen-bond donors (Lipinski definition) is 1. The molecule has 0 bridgehead atoms. The van der Waals surface area contributed by atoms with Gasteiger partial charge in [0.2, 0.25) is 11.7 Å². The maximum Gasteiger partial charge on any atom is 0.373 e. The van der Waals surface area contributed by atoms with Crippen LogP contribution in [0.3, 0.4) is 0 Å². The monoisotopic (exact) mass is 349 g/mol. The number of aliphatic hydroxyl groups excluding tert-OH is 1. The number of benzene rings is 1. The molecule has 1 atom stereocenters. The van der Waals surface area contributed by atoms with E-state index in [-0.39, 0.29) is 12.2 Å². The Labute approximate surface area is 144 Å². The van der Waals surface area contributed by atoms with E-state index in [0.717, 1.165) is 4.90 Å². The van der Waals surface area contributed by atoms with Crippen molar-refractivity contribution in [3.05, 3.63) is 35.1 Å². The van der Waals surface area contributed by atoms with E-state index in [1.54, 1.807) is 19.1 Å². The standard InChI is InChI=1S/C17H19NO7/c1-5-25-17(22)14(19)13-12(15(20)18(2)16(13)21)9-6-7-10(23-3)11(8-9)24-4/h6-8,12,19H,5H2,1-4H3/b14-13+. The largest absolute Gasteiger partial charge is 0.501 e. The molecule has 0 saturated carbocycles. The van der Waals surface area contributed by atoms with E-state index in [0.29, 0.717) is 17.1 Å². The number of ether oxygens (including phenoxy) is 3. The van der Waals surface area contributed by atoms with Crippen LogP contribution in [-0.4, -0.2) is 55.7 Å². The number of amides is 2. The lowest BCUT2D eigenvalue weighted by Gasteiger charge is -2.14. The summed E-state index contributed by atoms with van der Waals surface area (Å²) in [6.45, 7) is 1.59. The number of esters is 1. The van der Waals surface area contributed by atoms with Gasteiger partial charge >= 0.3 is 5.97 Å². The first-order valence-corrected chi connectivity index (χ1v) is 7.51. The Morgan fingerprint density at radius 3 is 2.40 bits per heavy atom. The van der Waals surface area contributed by atoms with E-state index in [9.17, 15) is 19.5 Å². The third-order valence-electron chi connectivity index (χ3n) is 3.87. The summed E-state index contributed by atoms with van der Waals surface area (Å²) in [5.41, 5.74) is 0.0596. The van der Waals surface area contributed by atoms with Crippen LogP contribution in [0.1, 0.15) is 18.4 Å². The van der Waals surface area contributed by atoms with Crippen molar-refractivity contribution in [3.8, 4) is 11.5 Å². The first-order valence-electron chi connectivity index (χ1n) is 7.51. The second kappa shape index (κ2) is 7.25. The Hall–Kier alpha value is -3.03. The van der Waals surface area contributed by atoms with Crippen molar-refractivity contribution in [3.63, 3.8) is 0 Å². The number of methoxy groups -OCH3 is 2. The van der Waals surface area contributed by atoms with Crippen LogP contribution in [0.4, 0.5) is 0 Å². The van der Waals surface area contributed by atoms with Gasteiger partial charge in [-0.2, -0.15) is 0 Å². The fourth-order valence-electron chi connectivity index (χ4n) is 2.61. The molecule has 25 heavy (non-hydrogen) atoms. The molecule has 0 aromatic heterocycles. The van der Waals surface area contributed by atoms with Crippen LogP contribution < -0.4 is 9.47 Å². The lowest BCUT2D eigenvalue weighted by molar-refractivity contribution is -0.142. The van der Waals surface area contributed by atoms with Gasteiger partial charge in [0.25, 0.3) is 5.91 Å². The van der Waals surface area contributed by atoms with Crippen molar-refractivity contribution in [2.75, 3.05) is 27.9 Å². The zero-order valence-corrected chi connectivity index (χ0v) is 14.4. The molecule has 0 radical (unpaired) electrons. The van der Waals surface area contributed by atoms with E-state index in [1.807, 2.05) is 0 Å². The molecule has 1 N–H and O–H groups in total. The second-order valence-electron chi connectivity index (χ2n) is 5.23. The van der Waals surface area contributed by atoms with Crippen LogP contribution in [0.2, 0.25) is 0 Å². The normalized spacial score (nSPS) is 19.0. The van der Waals surface area contributed by atoms with Crippen molar-refractivity contribution in [2.24, 2.45) is 0 Å². The number of likely N-dealkylation sites (N-methyl/N-ethyl adjacent to an activating group) is 1. The maximum absolute atomic E-state index is 12.5. The van der Waals surface area contributed by atoms with Gasteiger partial charge in [0.15, 0.2) is 11.5 Å². The summed E-state index contributed by atoms with van der Waals surface area (Å²) in [7, 11) is 4.18. The summed E-state index contributed by atoms with van der Waals surface area (Å²) in [6.07, 6.45) is 0. The molecule has 8 heteroatoms. The molecule has 1 fully saturated rings. The van der Waals surface area contributed by atoms with Gasteiger partial charge in [-0.1, -0.05) is 6.07 Å². The molecule has 0 aliphatic carbocycles. The van der Waals surface area contributed by atoms with Crippen LogP contribution >= 0.6 is 0 Å². The quantitative estimate of drug-likeness (QED) is 0.368. The average molecular weight is 349 g/mol. The molecule has 1 aliphatic rings. The molecule has 2 rings (SSSR count). The van der Waals surface area contributed by atoms with Crippen LogP contribution in [0.5, 0.6) is 11.5 Å². The number of hydrogen-bond acceptors (Lipinski definition) is 7. The van der Waals surface area contributed by atoms with Crippen molar-refractivity contribution < 1.29 is 33.7 Å². The van der Waals surface area contributed by atoms with Gasteiger partial charge in [-0.05, 0) is 24.6 Å². The number of imide groups is 1. The molecule has 0 spiro atoms. The van der Waals surface area contributed by atoms with Gasteiger partial charge in [-0.3, -0.25) is 14.5 Å². The minimum Gasteiger partial charge on any atom is -0.501 e. The molecule has 1 heterocycles. The Morgan fingerprint density at radius 1 is 1.20 bits per heavy atom. The summed E-state index contributed by atoms with van der Waals surface area (Å²) >= 11 is 0. The van der Waals surface area contributed by atoms with E-state index in [2.05, 4.69) is 0 Å². The van der Waals surface area contributed by atoms with E-state index in [1.165, 1.54) is 27.3 Å². The average Bonchev–Trinajstić information content (AvgIpc) is 2.84. The van der Waals surface area contributed by atoms with Gasteiger partial charge in [0, 0.05) is 7.05 Å². The minimum atomic E-state index is -1.14. The molecule has 134 valence electrons. The third-order valence-corrected chi connectivity index (χ3v) is 3.87. The number of likely N-dealkylation sites (tertiary alicyclic amines) is 1. The van der Waals surface area contributed by atoms with Crippen molar-refractivity contribution >= 4 is 17.8 Å². The zero-order valence-electron chi connectivity index (χ0n) is 14.4. The Bertz CT molecular complexity index is 753. The molecule has 1 aromatic carbocycles. The Morgan fingerprint density at radius 2 is 1.84 bits per heavy atom. The zero-order chi connectivity index (χ0) is 18.7. The first kappa shape index (κ1) is 18.3. The Balaban J connectivity index is 2.60. The molecule has 1 saturated heterocycles. The first-order chi connectivity index (χ1) is 11.9. The van der Waals surface area contributed by atoms with Gasteiger partial charge in [-0.25, -0.2) is 4.79 Å². The van der Waals surface area contributed by atoms with Gasteiger partial charge in [-0.15, -0.1) is 0 Å². The number of aliphatic hydroxyl groups is 1.